The third-order valence-corrected chi connectivity index (χ3v) is 3.81. The Hall–Kier alpha value is -1.10. The topological polar surface area (TPSA) is 42.0 Å². The van der Waals surface area contributed by atoms with Crippen LogP contribution >= 0.6 is 34.5 Å². The van der Waals surface area contributed by atoms with Crippen LogP contribution in [0.4, 0.5) is 0 Å². The number of rotatable bonds is 3. The number of carbonyl (C=O) groups excluding carboxylic acids is 1. The van der Waals surface area contributed by atoms with E-state index in [1.807, 2.05) is 18.4 Å². The molecule has 0 aromatic carbocycles. The van der Waals surface area contributed by atoms with E-state index in [1.165, 1.54) is 17.7 Å². The second kappa shape index (κ2) is 5.69. The molecule has 1 amide bonds. The van der Waals surface area contributed by atoms with E-state index in [9.17, 15) is 4.79 Å². The van der Waals surface area contributed by atoms with E-state index in [4.69, 9.17) is 23.2 Å². The van der Waals surface area contributed by atoms with Gasteiger partial charge in [0.1, 0.15) is 10.3 Å². The molecule has 0 unspecified atom stereocenters. The number of hydrogen-bond acceptors (Lipinski definition) is 3. The molecule has 0 spiro atoms. The quantitative estimate of drug-likeness (QED) is 0.879. The van der Waals surface area contributed by atoms with Gasteiger partial charge in [0.15, 0.2) is 0 Å². The number of halogens is 2. The van der Waals surface area contributed by atoms with Crippen LogP contribution in [0.15, 0.2) is 23.6 Å². The number of nitrogens with one attached hydrogen (secondary N) is 1. The maximum Gasteiger partial charge on any atom is 0.251 e. The second-order valence-electron chi connectivity index (χ2n) is 3.71. The zero-order valence-corrected chi connectivity index (χ0v) is 11.9. The molecule has 0 aliphatic carbocycles. The lowest BCUT2D eigenvalue weighted by Crippen LogP contribution is -2.22. The Morgan fingerprint density at radius 3 is 2.61 bits per heavy atom. The van der Waals surface area contributed by atoms with Crippen LogP contribution in [0.1, 0.15) is 20.8 Å². The Morgan fingerprint density at radius 2 is 2.06 bits per heavy atom. The Balaban J connectivity index is 2.06. The van der Waals surface area contributed by atoms with Gasteiger partial charge in [-0.05, 0) is 36.1 Å². The molecule has 0 aliphatic heterocycles. The van der Waals surface area contributed by atoms with Crippen molar-refractivity contribution in [1.29, 1.82) is 0 Å². The second-order valence-corrected chi connectivity index (χ2v) is 5.49. The molecule has 0 fully saturated rings. The molecule has 0 aliphatic rings. The lowest BCUT2D eigenvalue weighted by atomic mass is 10.2. The van der Waals surface area contributed by atoms with Crippen molar-refractivity contribution in [3.63, 3.8) is 0 Å². The summed E-state index contributed by atoms with van der Waals surface area (Å²) in [6.07, 6.45) is 0. The molecule has 94 valence electrons. The molecule has 2 heterocycles. The summed E-state index contributed by atoms with van der Waals surface area (Å²) in [6, 6.07) is 5.00. The summed E-state index contributed by atoms with van der Waals surface area (Å²) in [4.78, 5) is 16.8. The highest BCUT2D eigenvalue weighted by Crippen LogP contribution is 2.17. The summed E-state index contributed by atoms with van der Waals surface area (Å²) in [5.74, 6) is -0.214. The average Bonchev–Trinajstić information content (AvgIpc) is 2.70. The fourth-order valence-corrected chi connectivity index (χ4v) is 2.75. The van der Waals surface area contributed by atoms with Gasteiger partial charge in [-0.3, -0.25) is 4.79 Å². The van der Waals surface area contributed by atoms with E-state index >= 15 is 0 Å². The van der Waals surface area contributed by atoms with Crippen molar-refractivity contribution in [1.82, 2.24) is 10.3 Å². The molecule has 2 rings (SSSR count). The molecular formula is C12H10Cl2N2OS. The predicted octanol–water partition coefficient (Wildman–Crippen LogP) is 3.69. The number of thiophene rings is 1. The molecule has 0 atom stereocenters. The van der Waals surface area contributed by atoms with Crippen molar-refractivity contribution in [3.05, 3.63) is 49.9 Å². The summed E-state index contributed by atoms with van der Waals surface area (Å²) in [5.41, 5.74) is 1.58. The minimum atomic E-state index is -0.214. The number of amides is 1. The summed E-state index contributed by atoms with van der Waals surface area (Å²) >= 11 is 13.1. The van der Waals surface area contributed by atoms with Crippen molar-refractivity contribution in [2.45, 2.75) is 13.5 Å². The van der Waals surface area contributed by atoms with Gasteiger partial charge in [-0.2, -0.15) is 0 Å². The van der Waals surface area contributed by atoms with Gasteiger partial charge in [-0.1, -0.05) is 23.2 Å². The van der Waals surface area contributed by atoms with Crippen molar-refractivity contribution in [2.75, 3.05) is 0 Å². The van der Waals surface area contributed by atoms with E-state index in [0.717, 1.165) is 4.88 Å². The first kappa shape index (κ1) is 13.3. The summed E-state index contributed by atoms with van der Waals surface area (Å²) in [5, 5.41) is 5.24. The lowest BCUT2D eigenvalue weighted by molar-refractivity contribution is 0.0951. The molecule has 0 radical (unpaired) electrons. The number of pyridine rings is 1. The zero-order valence-electron chi connectivity index (χ0n) is 9.54. The molecule has 6 heteroatoms. The zero-order chi connectivity index (χ0) is 13.1. The largest absolute Gasteiger partial charge is 0.347 e. The average molecular weight is 301 g/mol. The van der Waals surface area contributed by atoms with Crippen molar-refractivity contribution in [3.8, 4) is 0 Å². The number of nitrogens with zero attached hydrogens (tertiary/aromatic N) is 1. The number of aryl methyl sites for hydroxylation is 1. The fraction of sp³-hybridized carbons (Fsp3) is 0.167. The van der Waals surface area contributed by atoms with Crippen LogP contribution in [0.2, 0.25) is 10.3 Å². The Labute approximate surface area is 119 Å². The first-order valence-electron chi connectivity index (χ1n) is 5.20. The lowest BCUT2D eigenvalue weighted by Gasteiger charge is -2.05. The molecule has 2 aromatic heterocycles. The van der Waals surface area contributed by atoms with Crippen LogP contribution in [0.25, 0.3) is 0 Å². The predicted molar refractivity (Wildman–Crippen MR) is 74.5 cm³/mol. The molecule has 1 N–H and O–H groups in total. The van der Waals surface area contributed by atoms with Crippen LogP contribution < -0.4 is 5.32 Å². The summed E-state index contributed by atoms with van der Waals surface area (Å²) in [6.45, 7) is 2.51. The maximum absolute atomic E-state index is 11.9. The van der Waals surface area contributed by atoms with Crippen LogP contribution in [0.3, 0.4) is 0 Å². The standard InChI is InChI=1S/C12H10Cl2N2OS/c1-7-2-3-18-9(7)6-15-12(17)8-4-10(13)16-11(14)5-8/h2-5H,6H2,1H3,(H,15,17). The highest BCUT2D eigenvalue weighted by Gasteiger charge is 2.09. The van der Waals surface area contributed by atoms with Gasteiger partial charge in [0.2, 0.25) is 0 Å². The fourth-order valence-electron chi connectivity index (χ4n) is 1.44. The SMILES string of the molecule is Cc1ccsc1CNC(=O)c1cc(Cl)nc(Cl)c1. The molecule has 0 saturated heterocycles. The third-order valence-electron chi connectivity index (χ3n) is 2.40. The Kier molecular flexibility index (Phi) is 4.22. The van der Waals surface area contributed by atoms with Crippen molar-refractivity contribution < 1.29 is 4.79 Å². The first-order chi connectivity index (χ1) is 8.56. The Bertz CT molecular complexity index is 563. The first-order valence-corrected chi connectivity index (χ1v) is 6.84. The van der Waals surface area contributed by atoms with Gasteiger partial charge in [0, 0.05) is 10.4 Å². The van der Waals surface area contributed by atoms with Crippen LogP contribution in [-0.2, 0) is 6.54 Å². The molecular weight excluding hydrogens is 291 g/mol. The highest BCUT2D eigenvalue weighted by molar-refractivity contribution is 7.10. The van der Waals surface area contributed by atoms with E-state index < -0.39 is 0 Å². The highest BCUT2D eigenvalue weighted by atomic mass is 35.5. The van der Waals surface area contributed by atoms with E-state index in [1.54, 1.807) is 11.3 Å². The summed E-state index contributed by atoms with van der Waals surface area (Å²) < 4.78 is 0. The molecule has 0 bridgehead atoms. The van der Waals surface area contributed by atoms with E-state index in [-0.39, 0.29) is 16.2 Å². The van der Waals surface area contributed by atoms with Crippen LogP contribution in [-0.4, -0.2) is 10.9 Å². The number of hydrogen-bond donors (Lipinski definition) is 1. The van der Waals surface area contributed by atoms with Crippen molar-refractivity contribution in [2.24, 2.45) is 0 Å². The summed E-state index contributed by atoms with van der Waals surface area (Å²) in [7, 11) is 0. The minimum absolute atomic E-state index is 0.208. The van der Waals surface area contributed by atoms with Gasteiger partial charge in [0.25, 0.3) is 5.91 Å². The monoisotopic (exact) mass is 300 g/mol. The molecule has 2 aromatic rings. The number of carbonyl (C=O) groups is 1. The third kappa shape index (κ3) is 3.22. The molecule has 3 nitrogen and oxygen atoms in total. The van der Waals surface area contributed by atoms with Gasteiger partial charge in [-0.15, -0.1) is 11.3 Å². The smallest absolute Gasteiger partial charge is 0.251 e. The van der Waals surface area contributed by atoms with Crippen LogP contribution in [0, 0.1) is 6.92 Å². The minimum Gasteiger partial charge on any atom is -0.347 e. The molecule has 18 heavy (non-hydrogen) atoms. The van der Waals surface area contributed by atoms with Gasteiger partial charge >= 0.3 is 0 Å². The van der Waals surface area contributed by atoms with E-state index in [0.29, 0.717) is 12.1 Å². The van der Waals surface area contributed by atoms with Crippen molar-refractivity contribution >= 4 is 40.4 Å². The van der Waals surface area contributed by atoms with Gasteiger partial charge < -0.3 is 5.32 Å². The van der Waals surface area contributed by atoms with Gasteiger partial charge in [-0.25, -0.2) is 4.98 Å². The maximum atomic E-state index is 11.9. The Morgan fingerprint density at radius 1 is 1.39 bits per heavy atom. The molecule has 0 saturated carbocycles. The van der Waals surface area contributed by atoms with Gasteiger partial charge in [0.05, 0.1) is 6.54 Å². The number of aromatic nitrogens is 1. The van der Waals surface area contributed by atoms with E-state index in [2.05, 4.69) is 10.3 Å². The normalized spacial score (nSPS) is 10.4. The van der Waals surface area contributed by atoms with Crippen LogP contribution in [0.5, 0.6) is 0 Å².